The van der Waals surface area contributed by atoms with Gasteiger partial charge in [0, 0.05) is 12.8 Å². The van der Waals surface area contributed by atoms with Crippen molar-refractivity contribution in [1.82, 2.24) is 34.1 Å². The van der Waals surface area contributed by atoms with E-state index in [1.54, 1.807) is 0 Å². The van der Waals surface area contributed by atoms with E-state index in [1.807, 2.05) is 0 Å². The number of aromatic amines is 2. The zero-order chi connectivity index (χ0) is 31.3. The number of nitrogens with zero attached hydrogens (tertiary/aromatic N) is 7. The molecule has 0 saturated carbocycles. The zero-order valence-electron chi connectivity index (χ0n) is 24.9. The number of hydrogen-bond acceptors (Lipinski definition) is 15. The number of hydrogen-bond donors (Lipinski definition) is 7. The molecule has 2 saturated heterocycles. The van der Waals surface area contributed by atoms with Crippen LogP contribution in [0.3, 0.4) is 0 Å². The fourth-order valence-corrected chi connectivity index (χ4v) is 6.42. The average Bonchev–Trinajstić information content (AvgIpc) is 3.72. The molecule has 0 spiro atoms. The summed E-state index contributed by atoms with van der Waals surface area (Å²) >= 11 is 0. The first-order valence-electron chi connectivity index (χ1n) is 13.4. The predicted molar refractivity (Wildman–Crippen MR) is 149 cm³/mol. The number of ether oxygens (including phenoxy) is 2. The van der Waals surface area contributed by atoms with Gasteiger partial charge in [0.25, 0.3) is 24.2 Å². The van der Waals surface area contributed by atoms with E-state index >= 15 is 0 Å². The van der Waals surface area contributed by atoms with E-state index in [1.165, 1.54) is 26.3 Å². The van der Waals surface area contributed by atoms with E-state index in [0.29, 0.717) is 0 Å². The third kappa shape index (κ3) is 6.42. The number of nitrogens with two attached hydrogens (primary N) is 2. The van der Waals surface area contributed by atoms with Gasteiger partial charge in [-0.15, -0.1) is 5.97 Å². The predicted octanol–water partition coefficient (Wildman–Crippen LogP) is -6.73. The number of aliphatic hydroxyl groups is 2. The molecule has 24 heteroatoms. The van der Waals surface area contributed by atoms with Gasteiger partial charge in [0.1, 0.15) is 24.5 Å². The fraction of sp³-hybridized carbons (Fsp3) is 0.476. The van der Waals surface area contributed by atoms with Crippen molar-refractivity contribution in [3.63, 3.8) is 0 Å². The number of phosphoric acid groups is 1. The van der Waals surface area contributed by atoms with Crippen LogP contribution in [0.15, 0.2) is 22.2 Å². The molecule has 2 fully saturated rings. The number of aliphatic hydroxyl groups excluding tert-OH is 2. The van der Waals surface area contributed by atoms with Gasteiger partial charge in [-0.25, -0.2) is 14.8 Å². The van der Waals surface area contributed by atoms with Gasteiger partial charge in [-0.3, -0.25) is 33.2 Å². The number of nitrogen functional groups attached to an aromatic ring is 2. The Morgan fingerprint density at radius 3 is 2.53 bits per heavy atom. The van der Waals surface area contributed by atoms with Gasteiger partial charge in [0.15, 0.2) is 11.2 Å². The second-order valence-electron chi connectivity index (χ2n) is 10.4. The van der Waals surface area contributed by atoms with Crippen molar-refractivity contribution in [3.8, 4) is 5.97 Å². The van der Waals surface area contributed by atoms with E-state index < -0.39 is 76.4 Å². The first-order chi connectivity index (χ1) is 21.0. The van der Waals surface area contributed by atoms with Crippen LogP contribution in [0, 0.1) is 11.2 Å². The standard InChI is InChI=1S/C21H27BN11O10P.Na.H/c23-5-22-33-7-32(17-15(33)19(37)30-21(25)28-17)13-2-9(10(3-34)41-13)43-44(38,39)40-4-11-8(35)1-12(42-11)31-6-26-14-16(31)27-20(24)29-18(14)36;;/h6-13,34-35H,1-4,22H2,(H,38,39)(H3,24,27,29,36)(H3,25,28,30,37);;/q;+1;-1. The van der Waals surface area contributed by atoms with Crippen molar-refractivity contribution in [2.24, 2.45) is 0 Å². The second-order valence-corrected chi connectivity index (χ2v) is 11.8. The molecule has 21 nitrogen and oxygen atoms in total. The maximum Gasteiger partial charge on any atom is 1.00 e. The zero-order valence-corrected chi connectivity index (χ0v) is 26.8. The Balaban J connectivity index is 0.00000240. The summed E-state index contributed by atoms with van der Waals surface area (Å²) in [5.41, 5.74) is 10.6. The molecule has 7 unspecified atom stereocenters. The molecule has 0 bridgehead atoms. The molecule has 236 valence electrons. The van der Waals surface area contributed by atoms with Crippen LogP contribution in [0.4, 0.5) is 11.9 Å². The van der Waals surface area contributed by atoms with Gasteiger partial charge in [-0.1, -0.05) is 0 Å². The van der Waals surface area contributed by atoms with Crippen molar-refractivity contribution < 1.29 is 73.7 Å². The summed E-state index contributed by atoms with van der Waals surface area (Å²) < 4.78 is 39.4. The Labute approximate surface area is 275 Å². The van der Waals surface area contributed by atoms with Crippen molar-refractivity contribution in [3.05, 3.63) is 33.4 Å². The van der Waals surface area contributed by atoms with Crippen molar-refractivity contribution in [2.75, 3.05) is 24.7 Å². The summed E-state index contributed by atoms with van der Waals surface area (Å²) in [5, 5.41) is 29.7. The number of rotatable bonds is 9. The van der Waals surface area contributed by atoms with Gasteiger partial charge in [0.05, 0.1) is 25.6 Å². The molecule has 9 N–H and O–H groups in total. The Hall–Kier alpha value is -3.20. The molecule has 2 aliphatic heterocycles. The van der Waals surface area contributed by atoms with Crippen LogP contribution in [0.1, 0.15) is 26.7 Å². The Morgan fingerprint density at radius 2 is 1.82 bits per heavy atom. The molecule has 4 aromatic heterocycles. The number of H-pyrrole nitrogens is 2. The number of imidazole rings is 2. The molecule has 4 aromatic rings. The summed E-state index contributed by atoms with van der Waals surface area (Å²) in [6.07, 6.45) is -3.45. The molecule has 0 aromatic carbocycles. The maximum absolute atomic E-state index is 12.9. The molecule has 45 heavy (non-hydrogen) atoms. The Kier molecular flexibility index (Phi) is 9.51. The molecular formula is C21H28BN11NaO10P. The van der Waals surface area contributed by atoms with Crippen LogP contribution in [-0.4, -0.2) is 94.2 Å². The van der Waals surface area contributed by atoms with Gasteiger partial charge < -0.3 is 42.0 Å². The number of aromatic nitrogens is 8. The third-order valence-corrected chi connectivity index (χ3v) is 8.45. The van der Waals surface area contributed by atoms with Crippen LogP contribution in [0.25, 0.3) is 22.3 Å². The van der Waals surface area contributed by atoms with E-state index in [4.69, 9.17) is 30.0 Å². The summed E-state index contributed by atoms with van der Waals surface area (Å²) in [6, 6.07) is 0. The molecule has 0 radical (unpaired) electrons. The van der Waals surface area contributed by atoms with Crippen LogP contribution in [0.2, 0.25) is 0 Å². The summed E-state index contributed by atoms with van der Waals surface area (Å²) in [7, 11) is -6.24. The monoisotopic (exact) mass is 659 g/mol. The molecule has 2 aliphatic rings. The minimum atomic E-state index is -4.81. The Morgan fingerprint density at radius 1 is 1.16 bits per heavy atom. The topological polar surface area (TPSA) is 309 Å². The van der Waals surface area contributed by atoms with Crippen LogP contribution in [0.5, 0.6) is 0 Å². The van der Waals surface area contributed by atoms with E-state index in [2.05, 4.69) is 30.9 Å². The molecule has 0 amide bonds. The van der Waals surface area contributed by atoms with Crippen molar-refractivity contribution >= 4 is 49.5 Å². The first-order valence-corrected chi connectivity index (χ1v) is 14.9. The SMILES string of the molecule is N#C[BH2-][n+]1cn(C2CC(OP(=O)(O)OCC3OC(n4cnc5c(=O)[nH]c(N)nc54)CC3O)C(CO)O2)c2nc(N)[nH]c(=O)c21.[H-].[Na+]. The quantitative estimate of drug-likeness (QED) is 0.0649. The number of phosphoric ester groups is 1. The maximum atomic E-state index is 12.9. The first kappa shape index (κ1) is 33.2. The number of fused-ring (bicyclic) bond motifs is 2. The summed E-state index contributed by atoms with van der Waals surface area (Å²) in [5.74, 6) is 1.76. The van der Waals surface area contributed by atoms with Gasteiger partial charge in [-0.05, 0) is 0 Å². The average molecular weight is 659 g/mol. The number of anilines is 2. The molecular weight excluding hydrogens is 631 g/mol. The van der Waals surface area contributed by atoms with Crippen LogP contribution >= 0.6 is 7.82 Å². The second kappa shape index (κ2) is 12.9. The molecule has 6 heterocycles. The largest absolute Gasteiger partial charge is 1.00 e. The Bertz CT molecular complexity index is 1950. The van der Waals surface area contributed by atoms with E-state index in [0.717, 1.165) is 0 Å². The molecule has 7 atom stereocenters. The summed E-state index contributed by atoms with van der Waals surface area (Å²) in [4.78, 5) is 52.0. The smallest absolute Gasteiger partial charge is 1.00 e. The minimum Gasteiger partial charge on any atom is -1.00 e. The van der Waals surface area contributed by atoms with Crippen LogP contribution < -0.4 is 56.6 Å². The van der Waals surface area contributed by atoms with Crippen LogP contribution in [-0.2, 0) is 23.1 Å². The summed E-state index contributed by atoms with van der Waals surface area (Å²) in [6.45, 7) is -1.14. The van der Waals surface area contributed by atoms with Crippen molar-refractivity contribution in [1.29, 1.82) is 5.26 Å². The van der Waals surface area contributed by atoms with Crippen molar-refractivity contribution in [2.45, 2.75) is 49.7 Å². The number of nitriles is 1. The van der Waals surface area contributed by atoms with Gasteiger partial charge >= 0.3 is 37.4 Å². The fourth-order valence-electron chi connectivity index (χ4n) is 5.46. The third-order valence-electron chi connectivity index (χ3n) is 7.44. The van der Waals surface area contributed by atoms with E-state index in [9.17, 15) is 34.5 Å². The van der Waals surface area contributed by atoms with E-state index in [-0.39, 0.29) is 78.1 Å². The molecule has 0 aliphatic carbocycles. The number of nitrogens with one attached hydrogen (secondary N) is 2. The normalized spacial score (nSPS) is 26.2. The minimum absolute atomic E-state index is 0. The van der Waals surface area contributed by atoms with Gasteiger partial charge in [-0.2, -0.15) is 14.5 Å². The molecule has 6 rings (SSSR count). The van der Waals surface area contributed by atoms with Gasteiger partial charge in [0.2, 0.25) is 30.0 Å².